The summed E-state index contributed by atoms with van der Waals surface area (Å²) in [5.41, 5.74) is 0.996. The summed E-state index contributed by atoms with van der Waals surface area (Å²) in [6.07, 6.45) is 0. The molecule has 2 rings (SSSR count). The van der Waals surface area contributed by atoms with Gasteiger partial charge in [-0.1, -0.05) is 6.07 Å². The molecule has 17 heavy (non-hydrogen) atoms. The second kappa shape index (κ2) is 4.97. The van der Waals surface area contributed by atoms with E-state index in [1.54, 1.807) is 23.5 Å². The molecular weight excluding hydrogens is 236 g/mol. The van der Waals surface area contributed by atoms with Gasteiger partial charge in [0.25, 0.3) is 5.69 Å². The molecule has 0 saturated heterocycles. The van der Waals surface area contributed by atoms with Crippen LogP contribution in [0.1, 0.15) is 17.8 Å². The fraction of sp³-hybridized carbons (Fsp3) is 0.167. The molecule has 0 bridgehead atoms. The van der Waals surface area contributed by atoms with Gasteiger partial charge < -0.3 is 5.32 Å². The molecule has 0 aliphatic heterocycles. The highest BCUT2D eigenvalue weighted by Gasteiger charge is 2.08. The largest absolute Gasteiger partial charge is 0.378 e. The van der Waals surface area contributed by atoms with E-state index >= 15 is 0 Å². The van der Waals surface area contributed by atoms with Crippen molar-refractivity contribution >= 4 is 22.7 Å². The van der Waals surface area contributed by atoms with Crippen LogP contribution in [0.5, 0.6) is 0 Å². The predicted molar refractivity (Wildman–Crippen MR) is 69.5 cm³/mol. The van der Waals surface area contributed by atoms with E-state index in [0.717, 1.165) is 5.69 Å². The summed E-state index contributed by atoms with van der Waals surface area (Å²) in [6.45, 7) is 2.06. The highest BCUT2D eigenvalue weighted by Crippen LogP contribution is 2.24. The monoisotopic (exact) mass is 248 g/mol. The Morgan fingerprint density at radius 2 is 2.00 bits per heavy atom. The van der Waals surface area contributed by atoms with Crippen molar-refractivity contribution in [2.24, 2.45) is 0 Å². The number of nitro benzene ring substituents is 1. The molecule has 1 atom stereocenters. The van der Waals surface area contributed by atoms with Gasteiger partial charge in [-0.25, -0.2) is 0 Å². The molecule has 0 saturated carbocycles. The van der Waals surface area contributed by atoms with E-state index in [1.165, 1.54) is 17.0 Å². The maximum Gasteiger partial charge on any atom is 0.269 e. The number of rotatable bonds is 4. The van der Waals surface area contributed by atoms with Crippen LogP contribution in [0.25, 0.3) is 0 Å². The van der Waals surface area contributed by atoms with Crippen molar-refractivity contribution in [2.75, 3.05) is 5.32 Å². The van der Waals surface area contributed by atoms with Crippen molar-refractivity contribution in [3.63, 3.8) is 0 Å². The number of nitrogens with one attached hydrogen (secondary N) is 1. The van der Waals surface area contributed by atoms with Gasteiger partial charge in [0.2, 0.25) is 0 Å². The highest BCUT2D eigenvalue weighted by atomic mass is 32.1. The molecule has 1 aromatic carbocycles. The van der Waals surface area contributed by atoms with Gasteiger partial charge in [-0.15, -0.1) is 11.3 Å². The highest BCUT2D eigenvalue weighted by molar-refractivity contribution is 7.10. The number of nitrogens with zero attached hydrogens (tertiary/aromatic N) is 1. The number of thiophene rings is 1. The molecule has 0 aliphatic rings. The Bertz CT molecular complexity index is 494. The maximum absolute atomic E-state index is 10.5. The lowest BCUT2D eigenvalue weighted by atomic mass is 10.2. The lowest BCUT2D eigenvalue weighted by Gasteiger charge is -2.13. The second-order valence-electron chi connectivity index (χ2n) is 3.69. The zero-order valence-corrected chi connectivity index (χ0v) is 10.1. The molecular formula is C12H12N2O2S. The summed E-state index contributed by atoms with van der Waals surface area (Å²) in [5.74, 6) is 0. The molecule has 1 heterocycles. The number of benzene rings is 1. The Balaban J connectivity index is 2.06. The normalized spacial score (nSPS) is 12.1. The lowest BCUT2D eigenvalue weighted by molar-refractivity contribution is -0.384. The first-order valence-electron chi connectivity index (χ1n) is 5.21. The number of hydrogen-bond acceptors (Lipinski definition) is 4. The molecule has 0 aliphatic carbocycles. The fourth-order valence-corrected chi connectivity index (χ4v) is 2.27. The summed E-state index contributed by atoms with van der Waals surface area (Å²) in [5, 5.41) is 15.8. The molecule has 0 spiro atoms. The zero-order chi connectivity index (χ0) is 12.3. The minimum Gasteiger partial charge on any atom is -0.378 e. The molecule has 1 aromatic heterocycles. The summed E-state index contributed by atoms with van der Waals surface area (Å²) in [7, 11) is 0. The number of hydrogen-bond donors (Lipinski definition) is 1. The van der Waals surface area contributed by atoms with Crippen molar-refractivity contribution in [3.8, 4) is 0 Å². The Morgan fingerprint density at radius 3 is 2.53 bits per heavy atom. The van der Waals surface area contributed by atoms with Crippen LogP contribution in [-0.2, 0) is 0 Å². The molecule has 88 valence electrons. The first-order valence-corrected chi connectivity index (χ1v) is 6.09. The van der Waals surface area contributed by atoms with E-state index in [1.807, 2.05) is 11.4 Å². The van der Waals surface area contributed by atoms with Gasteiger partial charge in [-0.3, -0.25) is 10.1 Å². The standard InChI is InChI=1S/C12H12N2O2S/c1-9(12-3-2-8-17-12)13-10-4-6-11(7-5-10)14(15)16/h2-9,13H,1H3. The van der Waals surface area contributed by atoms with Gasteiger partial charge in [0, 0.05) is 22.7 Å². The van der Waals surface area contributed by atoms with Gasteiger partial charge in [0.15, 0.2) is 0 Å². The van der Waals surface area contributed by atoms with Crippen molar-refractivity contribution in [3.05, 3.63) is 56.8 Å². The minimum atomic E-state index is -0.396. The van der Waals surface area contributed by atoms with Crippen LogP contribution in [0.4, 0.5) is 11.4 Å². The molecule has 5 heteroatoms. The van der Waals surface area contributed by atoms with Gasteiger partial charge in [-0.2, -0.15) is 0 Å². The molecule has 0 radical (unpaired) electrons. The minimum absolute atomic E-state index is 0.110. The molecule has 1 unspecified atom stereocenters. The third-order valence-corrected chi connectivity index (χ3v) is 3.49. The smallest absolute Gasteiger partial charge is 0.269 e. The third-order valence-electron chi connectivity index (χ3n) is 2.43. The summed E-state index contributed by atoms with van der Waals surface area (Å²) < 4.78 is 0. The van der Waals surface area contributed by atoms with Crippen LogP contribution < -0.4 is 5.32 Å². The lowest BCUT2D eigenvalue weighted by Crippen LogP contribution is -2.04. The average molecular weight is 248 g/mol. The van der Waals surface area contributed by atoms with Crippen LogP contribution in [0.3, 0.4) is 0 Å². The average Bonchev–Trinajstić information content (AvgIpc) is 2.83. The Kier molecular flexibility index (Phi) is 3.39. The third kappa shape index (κ3) is 2.82. The first-order chi connectivity index (χ1) is 8.16. The zero-order valence-electron chi connectivity index (χ0n) is 9.29. The predicted octanol–water partition coefficient (Wildman–Crippen LogP) is 3.83. The number of anilines is 1. The second-order valence-corrected chi connectivity index (χ2v) is 4.66. The van der Waals surface area contributed by atoms with Crippen molar-refractivity contribution in [2.45, 2.75) is 13.0 Å². The van der Waals surface area contributed by atoms with Crippen molar-refractivity contribution in [1.82, 2.24) is 0 Å². The molecule has 1 N–H and O–H groups in total. The maximum atomic E-state index is 10.5. The summed E-state index contributed by atoms with van der Waals surface area (Å²) in [4.78, 5) is 11.4. The fourth-order valence-electron chi connectivity index (χ4n) is 1.54. The number of nitro groups is 1. The molecule has 0 amide bonds. The van der Waals surface area contributed by atoms with Crippen molar-refractivity contribution < 1.29 is 4.92 Å². The van der Waals surface area contributed by atoms with E-state index in [2.05, 4.69) is 18.3 Å². The first kappa shape index (κ1) is 11.6. The van der Waals surface area contributed by atoms with Crippen LogP contribution in [0.2, 0.25) is 0 Å². The Morgan fingerprint density at radius 1 is 1.29 bits per heavy atom. The van der Waals surface area contributed by atoms with E-state index in [-0.39, 0.29) is 11.7 Å². The van der Waals surface area contributed by atoms with Gasteiger partial charge >= 0.3 is 0 Å². The Labute approximate surface area is 103 Å². The van der Waals surface area contributed by atoms with Crippen LogP contribution in [0, 0.1) is 10.1 Å². The van der Waals surface area contributed by atoms with Crippen LogP contribution in [-0.4, -0.2) is 4.92 Å². The molecule has 4 nitrogen and oxygen atoms in total. The van der Waals surface area contributed by atoms with Gasteiger partial charge in [0.05, 0.1) is 11.0 Å². The Hall–Kier alpha value is -1.88. The SMILES string of the molecule is CC(Nc1ccc([N+](=O)[O-])cc1)c1cccs1. The van der Waals surface area contributed by atoms with Crippen LogP contribution in [0.15, 0.2) is 41.8 Å². The van der Waals surface area contributed by atoms with Crippen molar-refractivity contribution in [1.29, 1.82) is 0 Å². The van der Waals surface area contributed by atoms with E-state index in [9.17, 15) is 10.1 Å². The summed E-state index contributed by atoms with van der Waals surface area (Å²) >= 11 is 1.69. The van der Waals surface area contributed by atoms with E-state index in [0.29, 0.717) is 0 Å². The molecule has 2 aromatic rings. The van der Waals surface area contributed by atoms with Gasteiger partial charge in [0.1, 0.15) is 0 Å². The van der Waals surface area contributed by atoms with E-state index in [4.69, 9.17) is 0 Å². The van der Waals surface area contributed by atoms with Gasteiger partial charge in [-0.05, 0) is 30.5 Å². The topological polar surface area (TPSA) is 55.2 Å². The molecule has 0 fully saturated rings. The van der Waals surface area contributed by atoms with Crippen LogP contribution >= 0.6 is 11.3 Å². The quantitative estimate of drug-likeness (QED) is 0.660. The van der Waals surface area contributed by atoms with E-state index < -0.39 is 4.92 Å². The number of non-ortho nitro benzene ring substituents is 1. The summed E-state index contributed by atoms with van der Waals surface area (Å²) in [6, 6.07) is 10.7.